The van der Waals surface area contributed by atoms with Crippen LogP contribution in [0.25, 0.3) is 17.5 Å². The summed E-state index contributed by atoms with van der Waals surface area (Å²) in [6, 6.07) is 7.43. The Hall–Kier alpha value is -3.13. The molecule has 0 unspecified atom stereocenters. The quantitative estimate of drug-likeness (QED) is 0.534. The summed E-state index contributed by atoms with van der Waals surface area (Å²) in [4.78, 5) is 16.6. The van der Waals surface area contributed by atoms with Gasteiger partial charge in [0.1, 0.15) is 16.7 Å². The van der Waals surface area contributed by atoms with Crippen molar-refractivity contribution in [2.75, 3.05) is 7.11 Å². The van der Waals surface area contributed by atoms with Crippen molar-refractivity contribution in [2.45, 2.75) is 33.9 Å². The van der Waals surface area contributed by atoms with E-state index in [1.165, 1.54) is 6.08 Å². The lowest BCUT2D eigenvalue weighted by Crippen LogP contribution is -2.21. The molecule has 8 nitrogen and oxygen atoms in total. The number of amides is 1. The van der Waals surface area contributed by atoms with Crippen molar-refractivity contribution in [1.29, 1.82) is 0 Å². The van der Waals surface area contributed by atoms with Crippen LogP contribution in [0.2, 0.25) is 5.15 Å². The minimum absolute atomic E-state index is 0.228. The van der Waals surface area contributed by atoms with Gasteiger partial charge in [-0.15, -0.1) is 0 Å². The summed E-state index contributed by atoms with van der Waals surface area (Å²) in [5.74, 6) is 2.04. The van der Waals surface area contributed by atoms with Crippen molar-refractivity contribution in [3.8, 4) is 17.1 Å². The second kappa shape index (κ2) is 9.58. The number of hydrogen-bond donors (Lipinski definition) is 2. The van der Waals surface area contributed by atoms with E-state index < -0.39 is 0 Å². The van der Waals surface area contributed by atoms with Gasteiger partial charge in [-0.2, -0.15) is 10.2 Å². The van der Waals surface area contributed by atoms with Crippen LogP contribution in [0.4, 0.5) is 0 Å². The average Bonchev–Trinajstić information content (AvgIpc) is 3.29. The van der Waals surface area contributed by atoms with Crippen molar-refractivity contribution in [3.63, 3.8) is 0 Å². The van der Waals surface area contributed by atoms with E-state index in [9.17, 15) is 4.79 Å². The lowest BCUT2D eigenvalue weighted by Gasteiger charge is -2.05. The lowest BCUT2D eigenvalue weighted by atomic mass is 10.2. The van der Waals surface area contributed by atoms with Crippen molar-refractivity contribution in [1.82, 2.24) is 30.3 Å². The van der Waals surface area contributed by atoms with Gasteiger partial charge < -0.3 is 10.1 Å². The molecule has 0 aliphatic heterocycles. The number of hydrogen-bond acceptors (Lipinski definition) is 5. The number of nitrogens with one attached hydrogen (secondary N) is 2. The van der Waals surface area contributed by atoms with E-state index in [4.69, 9.17) is 16.3 Å². The Balaban J connectivity index is 1.59. The number of halogens is 1. The van der Waals surface area contributed by atoms with Crippen LogP contribution in [-0.4, -0.2) is 38.0 Å². The molecule has 0 spiro atoms. The Morgan fingerprint density at radius 1 is 1.33 bits per heavy atom. The van der Waals surface area contributed by atoms with Gasteiger partial charge in [0.2, 0.25) is 5.91 Å². The predicted octanol–water partition coefficient (Wildman–Crippen LogP) is 3.62. The first-order valence-electron chi connectivity index (χ1n) is 9.62. The molecule has 1 aromatic carbocycles. The van der Waals surface area contributed by atoms with Crippen molar-refractivity contribution >= 4 is 23.6 Å². The van der Waals surface area contributed by atoms with Crippen LogP contribution in [0.15, 0.2) is 30.3 Å². The number of carbonyl (C=O) groups is 1. The van der Waals surface area contributed by atoms with Crippen LogP contribution in [0.5, 0.6) is 5.75 Å². The number of benzene rings is 1. The molecule has 158 valence electrons. The molecule has 3 aromatic rings. The second-order valence-electron chi connectivity index (χ2n) is 7.25. The molecule has 0 bridgehead atoms. The molecule has 0 saturated carbocycles. The van der Waals surface area contributed by atoms with Crippen LogP contribution in [0, 0.1) is 12.8 Å². The molecule has 0 radical (unpaired) electrons. The van der Waals surface area contributed by atoms with E-state index in [1.54, 1.807) is 17.9 Å². The van der Waals surface area contributed by atoms with Crippen LogP contribution < -0.4 is 10.1 Å². The number of aryl methyl sites for hydroxylation is 1. The highest BCUT2D eigenvalue weighted by molar-refractivity contribution is 6.31. The number of aromatic nitrogens is 5. The van der Waals surface area contributed by atoms with Crippen LogP contribution in [0.1, 0.15) is 30.9 Å². The minimum Gasteiger partial charge on any atom is -0.497 e. The maximum Gasteiger partial charge on any atom is 0.244 e. The van der Waals surface area contributed by atoms with Gasteiger partial charge in [-0.1, -0.05) is 25.4 Å². The van der Waals surface area contributed by atoms with E-state index in [1.807, 2.05) is 31.2 Å². The molecule has 0 aliphatic rings. The van der Waals surface area contributed by atoms with Crippen molar-refractivity contribution in [3.05, 3.63) is 52.6 Å². The monoisotopic (exact) mass is 428 g/mol. The zero-order chi connectivity index (χ0) is 21.7. The highest BCUT2D eigenvalue weighted by Gasteiger charge is 2.12. The summed E-state index contributed by atoms with van der Waals surface area (Å²) in [5.41, 5.74) is 2.38. The van der Waals surface area contributed by atoms with E-state index >= 15 is 0 Å². The van der Waals surface area contributed by atoms with Crippen molar-refractivity contribution in [2.24, 2.45) is 5.92 Å². The highest BCUT2D eigenvalue weighted by Crippen LogP contribution is 2.22. The molecule has 3 rings (SSSR count). The summed E-state index contributed by atoms with van der Waals surface area (Å²) in [5, 5.41) is 14.8. The molecule has 2 heterocycles. The van der Waals surface area contributed by atoms with E-state index in [2.05, 4.69) is 39.4 Å². The van der Waals surface area contributed by atoms with Gasteiger partial charge in [0.05, 0.1) is 19.3 Å². The topological polar surface area (TPSA) is 97.7 Å². The third-order valence-corrected chi connectivity index (χ3v) is 4.76. The highest BCUT2D eigenvalue weighted by atomic mass is 35.5. The molecule has 0 saturated heterocycles. The minimum atomic E-state index is -0.260. The third-order valence-electron chi connectivity index (χ3n) is 4.36. The summed E-state index contributed by atoms with van der Waals surface area (Å²) in [7, 11) is 1.62. The summed E-state index contributed by atoms with van der Waals surface area (Å²) in [6.45, 7) is 7.02. The largest absolute Gasteiger partial charge is 0.497 e. The zero-order valence-corrected chi connectivity index (χ0v) is 18.2. The summed E-state index contributed by atoms with van der Waals surface area (Å²) >= 11 is 6.40. The first kappa shape index (κ1) is 21.6. The molecular formula is C21H25ClN6O2. The Morgan fingerprint density at radius 3 is 2.73 bits per heavy atom. The molecule has 0 aliphatic carbocycles. The Labute approximate surface area is 180 Å². The number of ether oxygens (including phenoxy) is 1. The third kappa shape index (κ3) is 5.27. The Kier molecular flexibility index (Phi) is 6.89. The lowest BCUT2D eigenvalue weighted by molar-refractivity contribution is -0.116. The fraction of sp³-hybridized carbons (Fsp3) is 0.333. The number of aromatic amines is 1. The molecule has 1 amide bonds. The number of rotatable bonds is 8. The Morgan fingerprint density at radius 2 is 2.07 bits per heavy atom. The van der Waals surface area contributed by atoms with Gasteiger partial charge in [0, 0.05) is 23.7 Å². The predicted molar refractivity (Wildman–Crippen MR) is 116 cm³/mol. The molecule has 0 atom stereocenters. The molecule has 2 aromatic heterocycles. The molecule has 9 heteroatoms. The van der Waals surface area contributed by atoms with Gasteiger partial charge in [-0.05, 0) is 43.2 Å². The normalized spacial score (nSPS) is 11.4. The van der Waals surface area contributed by atoms with Gasteiger partial charge in [-0.25, -0.2) is 4.98 Å². The second-order valence-corrected chi connectivity index (χ2v) is 7.61. The van der Waals surface area contributed by atoms with Crippen LogP contribution in [0.3, 0.4) is 0 Å². The maximum absolute atomic E-state index is 12.2. The average molecular weight is 429 g/mol. The SMILES string of the molecule is COc1ccc(-c2n[nH]c(CNC(=O)/C=C/c3c(C)nn(CC(C)C)c3Cl)n2)cc1. The summed E-state index contributed by atoms with van der Waals surface area (Å²) in [6.07, 6.45) is 3.12. The van der Waals surface area contributed by atoms with E-state index in [-0.39, 0.29) is 12.5 Å². The first-order chi connectivity index (χ1) is 14.4. The fourth-order valence-corrected chi connectivity index (χ4v) is 3.16. The summed E-state index contributed by atoms with van der Waals surface area (Å²) < 4.78 is 6.91. The van der Waals surface area contributed by atoms with E-state index in [0.29, 0.717) is 22.7 Å². The van der Waals surface area contributed by atoms with Gasteiger partial charge >= 0.3 is 0 Å². The molecule has 2 N–H and O–H groups in total. The Bertz CT molecular complexity index is 1040. The standard InChI is InChI=1S/C21H25ClN6O2/c1-13(2)12-28-20(22)17(14(3)27-28)9-10-19(29)23-11-18-24-21(26-25-18)15-5-7-16(30-4)8-6-15/h5-10,13H,11-12H2,1-4H3,(H,23,29)(H,24,25,26)/b10-9+. The maximum atomic E-state index is 12.2. The number of H-pyrrole nitrogens is 1. The van der Waals surface area contributed by atoms with Crippen LogP contribution >= 0.6 is 11.6 Å². The molecular weight excluding hydrogens is 404 g/mol. The number of carbonyl (C=O) groups excluding carboxylic acids is 1. The fourth-order valence-electron chi connectivity index (χ4n) is 2.86. The number of nitrogens with zero attached hydrogens (tertiary/aromatic N) is 4. The molecule has 30 heavy (non-hydrogen) atoms. The molecule has 0 fully saturated rings. The smallest absolute Gasteiger partial charge is 0.244 e. The zero-order valence-electron chi connectivity index (χ0n) is 17.4. The van der Waals surface area contributed by atoms with Gasteiger partial charge in [0.15, 0.2) is 5.82 Å². The van der Waals surface area contributed by atoms with Crippen molar-refractivity contribution < 1.29 is 9.53 Å². The number of methoxy groups -OCH3 is 1. The first-order valence-corrected chi connectivity index (χ1v) is 9.99. The van der Waals surface area contributed by atoms with Crippen LogP contribution in [-0.2, 0) is 17.9 Å². The van der Waals surface area contributed by atoms with E-state index in [0.717, 1.165) is 29.1 Å². The van der Waals surface area contributed by atoms with Gasteiger partial charge in [-0.3, -0.25) is 14.6 Å². The van der Waals surface area contributed by atoms with Gasteiger partial charge in [0.25, 0.3) is 0 Å².